The molecular formula is C10H20N4O. The predicted octanol–water partition coefficient (Wildman–Crippen LogP) is 0.849. The molecule has 5 nitrogen and oxygen atoms in total. The van der Waals surface area contributed by atoms with E-state index in [1.165, 1.54) is 6.33 Å². The Bertz CT molecular complexity index is 285. The minimum atomic E-state index is -0.216. The summed E-state index contributed by atoms with van der Waals surface area (Å²) < 4.78 is 7.57. The number of hydrogen-bond donors (Lipinski definition) is 1. The minimum Gasteiger partial charge on any atom is -0.366 e. The van der Waals surface area contributed by atoms with Crippen LogP contribution in [-0.4, -0.2) is 26.9 Å². The van der Waals surface area contributed by atoms with Crippen LogP contribution in [0.2, 0.25) is 0 Å². The summed E-state index contributed by atoms with van der Waals surface area (Å²) in [6.45, 7) is 5.19. The molecule has 0 aromatic carbocycles. The van der Waals surface area contributed by atoms with E-state index < -0.39 is 0 Å². The van der Waals surface area contributed by atoms with E-state index in [0.29, 0.717) is 13.2 Å². The Morgan fingerprint density at radius 3 is 2.53 bits per heavy atom. The van der Waals surface area contributed by atoms with Crippen molar-refractivity contribution in [3.63, 3.8) is 0 Å². The lowest BCUT2D eigenvalue weighted by Gasteiger charge is -2.30. The highest BCUT2D eigenvalue weighted by Crippen LogP contribution is 2.20. The smallest absolute Gasteiger partial charge is 0.152 e. The first-order chi connectivity index (χ1) is 7.17. The van der Waals surface area contributed by atoms with Gasteiger partial charge in [0.2, 0.25) is 0 Å². The molecule has 1 aromatic rings. The molecule has 0 aliphatic carbocycles. The summed E-state index contributed by atoms with van der Waals surface area (Å²) in [5.41, 5.74) is 5.52. The summed E-state index contributed by atoms with van der Waals surface area (Å²) in [5, 5.41) is 3.99. The van der Waals surface area contributed by atoms with Crippen LogP contribution in [0.25, 0.3) is 0 Å². The Morgan fingerprint density at radius 1 is 1.47 bits per heavy atom. The molecule has 0 aliphatic heterocycles. The first kappa shape index (κ1) is 12.1. The Kier molecular flexibility index (Phi) is 4.23. The van der Waals surface area contributed by atoms with E-state index in [1.54, 1.807) is 4.68 Å². The lowest BCUT2D eigenvalue weighted by atomic mass is 9.97. The molecule has 0 aliphatic rings. The van der Waals surface area contributed by atoms with Crippen molar-refractivity contribution in [3.8, 4) is 0 Å². The van der Waals surface area contributed by atoms with Crippen LogP contribution < -0.4 is 5.73 Å². The van der Waals surface area contributed by atoms with Gasteiger partial charge < -0.3 is 10.5 Å². The van der Waals surface area contributed by atoms with Crippen LogP contribution in [0.4, 0.5) is 0 Å². The third kappa shape index (κ3) is 2.76. The van der Waals surface area contributed by atoms with E-state index >= 15 is 0 Å². The van der Waals surface area contributed by atoms with Crippen LogP contribution in [0.15, 0.2) is 6.33 Å². The quantitative estimate of drug-likeness (QED) is 0.759. The summed E-state index contributed by atoms with van der Waals surface area (Å²) in [6, 6.07) is 0. The van der Waals surface area contributed by atoms with Crippen molar-refractivity contribution in [2.75, 3.05) is 6.54 Å². The van der Waals surface area contributed by atoms with Gasteiger partial charge in [0, 0.05) is 13.6 Å². The van der Waals surface area contributed by atoms with Gasteiger partial charge in [0.15, 0.2) is 5.82 Å². The first-order valence-electron chi connectivity index (χ1n) is 5.34. The molecule has 0 unspecified atom stereocenters. The van der Waals surface area contributed by atoms with Gasteiger partial charge in [-0.3, -0.25) is 4.68 Å². The number of aromatic nitrogens is 3. The van der Waals surface area contributed by atoms with E-state index in [1.807, 2.05) is 7.05 Å². The molecule has 0 bridgehead atoms. The SMILES string of the molecule is CCC(CC)(CN)OCc1ncnn1C. The molecule has 1 aromatic heterocycles. The fraction of sp³-hybridized carbons (Fsp3) is 0.800. The number of aryl methyl sites for hydroxylation is 1. The maximum atomic E-state index is 5.85. The van der Waals surface area contributed by atoms with Crippen molar-refractivity contribution in [3.05, 3.63) is 12.2 Å². The van der Waals surface area contributed by atoms with Gasteiger partial charge in [-0.05, 0) is 12.8 Å². The number of nitrogens with two attached hydrogens (primary N) is 1. The van der Waals surface area contributed by atoms with Crippen molar-refractivity contribution in [1.29, 1.82) is 0 Å². The summed E-state index contributed by atoms with van der Waals surface area (Å²) in [5.74, 6) is 0.828. The molecule has 0 amide bonds. The fourth-order valence-electron chi connectivity index (χ4n) is 1.47. The zero-order chi connectivity index (χ0) is 11.3. The van der Waals surface area contributed by atoms with E-state index in [0.717, 1.165) is 18.7 Å². The van der Waals surface area contributed by atoms with Crippen molar-refractivity contribution in [2.24, 2.45) is 12.8 Å². The monoisotopic (exact) mass is 212 g/mol. The largest absolute Gasteiger partial charge is 0.366 e. The number of hydrogen-bond acceptors (Lipinski definition) is 4. The molecule has 0 radical (unpaired) electrons. The number of rotatable bonds is 6. The highest BCUT2D eigenvalue weighted by atomic mass is 16.5. The van der Waals surface area contributed by atoms with Gasteiger partial charge in [-0.15, -0.1) is 0 Å². The third-order valence-electron chi connectivity index (χ3n) is 2.97. The van der Waals surface area contributed by atoms with Gasteiger partial charge in [-0.2, -0.15) is 5.10 Å². The lowest BCUT2D eigenvalue weighted by molar-refractivity contribution is -0.0588. The van der Waals surface area contributed by atoms with Gasteiger partial charge in [0.25, 0.3) is 0 Å². The summed E-state index contributed by atoms with van der Waals surface area (Å²) in [6.07, 6.45) is 3.36. The van der Waals surface area contributed by atoms with Crippen molar-refractivity contribution in [1.82, 2.24) is 14.8 Å². The molecule has 1 heterocycles. The van der Waals surface area contributed by atoms with Crippen LogP contribution in [0.3, 0.4) is 0 Å². The van der Waals surface area contributed by atoms with Crippen molar-refractivity contribution < 1.29 is 4.74 Å². The van der Waals surface area contributed by atoms with Crippen LogP contribution >= 0.6 is 0 Å². The van der Waals surface area contributed by atoms with Gasteiger partial charge in [0.05, 0.1) is 5.60 Å². The predicted molar refractivity (Wildman–Crippen MR) is 58.2 cm³/mol. The fourth-order valence-corrected chi connectivity index (χ4v) is 1.47. The second kappa shape index (κ2) is 5.23. The summed E-state index contributed by atoms with van der Waals surface area (Å²) in [4.78, 5) is 4.11. The third-order valence-corrected chi connectivity index (χ3v) is 2.97. The molecule has 0 saturated heterocycles. The van der Waals surface area contributed by atoms with Gasteiger partial charge in [-0.25, -0.2) is 4.98 Å². The average molecular weight is 212 g/mol. The normalized spacial score (nSPS) is 12.0. The zero-order valence-electron chi connectivity index (χ0n) is 9.73. The number of nitrogens with zero attached hydrogens (tertiary/aromatic N) is 3. The Hall–Kier alpha value is -0.940. The maximum absolute atomic E-state index is 5.85. The van der Waals surface area contributed by atoms with Crippen molar-refractivity contribution >= 4 is 0 Å². The first-order valence-corrected chi connectivity index (χ1v) is 5.34. The summed E-state index contributed by atoms with van der Waals surface area (Å²) >= 11 is 0. The second-order valence-corrected chi connectivity index (χ2v) is 3.68. The standard InChI is InChI=1S/C10H20N4O/c1-4-10(5-2,7-11)15-6-9-12-8-13-14(9)3/h8H,4-7,11H2,1-3H3. The van der Waals surface area contributed by atoms with Gasteiger partial charge in [0.1, 0.15) is 12.9 Å². The Balaban J connectivity index is 2.58. The maximum Gasteiger partial charge on any atom is 0.152 e. The van der Waals surface area contributed by atoms with Crippen molar-refractivity contribution in [2.45, 2.75) is 38.9 Å². The highest BCUT2D eigenvalue weighted by Gasteiger charge is 2.25. The Morgan fingerprint density at radius 2 is 2.13 bits per heavy atom. The minimum absolute atomic E-state index is 0.216. The lowest BCUT2D eigenvalue weighted by Crippen LogP contribution is -2.39. The van der Waals surface area contributed by atoms with Gasteiger partial charge >= 0.3 is 0 Å². The number of ether oxygens (including phenoxy) is 1. The van der Waals surface area contributed by atoms with Gasteiger partial charge in [-0.1, -0.05) is 13.8 Å². The van der Waals surface area contributed by atoms with E-state index in [-0.39, 0.29) is 5.60 Å². The Labute approximate surface area is 90.6 Å². The van der Waals surface area contributed by atoms with Crippen LogP contribution in [0.1, 0.15) is 32.5 Å². The molecule has 0 saturated carbocycles. The highest BCUT2D eigenvalue weighted by molar-refractivity contribution is 4.84. The zero-order valence-corrected chi connectivity index (χ0v) is 9.73. The van der Waals surface area contributed by atoms with E-state index in [4.69, 9.17) is 10.5 Å². The second-order valence-electron chi connectivity index (χ2n) is 3.68. The topological polar surface area (TPSA) is 66.0 Å². The molecule has 15 heavy (non-hydrogen) atoms. The molecule has 86 valence electrons. The molecule has 0 spiro atoms. The molecule has 5 heteroatoms. The molecule has 1 rings (SSSR count). The molecular weight excluding hydrogens is 192 g/mol. The van der Waals surface area contributed by atoms with Crippen LogP contribution in [0.5, 0.6) is 0 Å². The van der Waals surface area contributed by atoms with E-state index in [9.17, 15) is 0 Å². The molecule has 2 N–H and O–H groups in total. The van der Waals surface area contributed by atoms with Crippen LogP contribution in [-0.2, 0) is 18.4 Å². The molecule has 0 fully saturated rings. The van der Waals surface area contributed by atoms with E-state index in [2.05, 4.69) is 23.9 Å². The van der Waals surface area contributed by atoms with Crippen LogP contribution in [0, 0.1) is 0 Å². The summed E-state index contributed by atoms with van der Waals surface area (Å²) in [7, 11) is 1.85. The average Bonchev–Trinajstić information content (AvgIpc) is 2.67. The molecule has 0 atom stereocenters.